The van der Waals surface area contributed by atoms with E-state index < -0.39 is 47.9 Å². The van der Waals surface area contributed by atoms with Gasteiger partial charge in [-0.15, -0.1) is 0 Å². The van der Waals surface area contributed by atoms with Gasteiger partial charge in [0.05, 0.1) is 6.04 Å². The first-order valence-electron chi connectivity index (χ1n) is 12.4. The Morgan fingerprint density at radius 2 is 1.42 bits per heavy atom. The lowest BCUT2D eigenvalue weighted by atomic mass is 10.00. The average molecular weight is 515 g/mol. The molecule has 0 bridgehead atoms. The van der Waals surface area contributed by atoms with Crippen LogP contribution < -0.4 is 38.9 Å². The summed E-state index contributed by atoms with van der Waals surface area (Å²) in [5.41, 5.74) is 22.1. The largest absolute Gasteiger partial charge is 0.480 e. The third-order valence-corrected chi connectivity index (χ3v) is 5.45. The summed E-state index contributed by atoms with van der Waals surface area (Å²) in [4.78, 5) is 54.1. The SMILES string of the molecule is CC(C)CC(NC(=O)C(N)CCCN=C(N)N)C(=O)NC(CCCCN)C(=O)NC(C(=O)O)C(C)C. The van der Waals surface area contributed by atoms with Gasteiger partial charge in [0.2, 0.25) is 17.7 Å². The molecule has 0 aromatic rings. The summed E-state index contributed by atoms with van der Waals surface area (Å²) in [6.07, 6.45) is 2.57. The smallest absolute Gasteiger partial charge is 0.326 e. The maximum Gasteiger partial charge on any atom is 0.326 e. The molecule has 0 aliphatic heterocycles. The zero-order valence-corrected chi connectivity index (χ0v) is 22.0. The predicted molar refractivity (Wildman–Crippen MR) is 139 cm³/mol. The van der Waals surface area contributed by atoms with E-state index in [0.717, 1.165) is 0 Å². The molecule has 4 unspecified atom stereocenters. The second kappa shape index (κ2) is 17.5. The van der Waals surface area contributed by atoms with Crippen molar-refractivity contribution < 1.29 is 24.3 Å². The number of rotatable bonds is 18. The molecule has 36 heavy (non-hydrogen) atoms. The zero-order valence-electron chi connectivity index (χ0n) is 22.0. The molecule has 0 aliphatic rings. The fraction of sp³-hybridized carbons (Fsp3) is 0.783. The van der Waals surface area contributed by atoms with Crippen LogP contribution in [-0.2, 0) is 19.2 Å². The van der Waals surface area contributed by atoms with Gasteiger partial charge < -0.3 is 44.0 Å². The number of guanidine groups is 1. The van der Waals surface area contributed by atoms with Gasteiger partial charge >= 0.3 is 5.97 Å². The van der Waals surface area contributed by atoms with Crippen LogP contribution in [0.4, 0.5) is 0 Å². The van der Waals surface area contributed by atoms with Crippen LogP contribution in [0.2, 0.25) is 0 Å². The third kappa shape index (κ3) is 13.8. The molecule has 4 atom stereocenters. The number of hydrogen-bond donors (Lipinski definition) is 8. The number of carbonyl (C=O) groups excluding carboxylic acids is 3. The van der Waals surface area contributed by atoms with Gasteiger partial charge in [0.15, 0.2) is 5.96 Å². The van der Waals surface area contributed by atoms with E-state index in [1.807, 2.05) is 13.8 Å². The van der Waals surface area contributed by atoms with Gasteiger partial charge in [-0.1, -0.05) is 27.7 Å². The normalized spacial score (nSPS) is 14.4. The molecule has 0 saturated heterocycles. The summed E-state index contributed by atoms with van der Waals surface area (Å²) in [5.74, 6) is -3.16. The van der Waals surface area contributed by atoms with Crippen molar-refractivity contribution in [2.24, 2.45) is 39.8 Å². The van der Waals surface area contributed by atoms with E-state index >= 15 is 0 Å². The highest BCUT2D eigenvalue weighted by molar-refractivity contribution is 5.94. The van der Waals surface area contributed by atoms with E-state index in [2.05, 4.69) is 20.9 Å². The Balaban J connectivity index is 5.41. The lowest BCUT2D eigenvalue weighted by Crippen LogP contribution is -2.57. The first kappa shape index (κ1) is 33.1. The monoisotopic (exact) mass is 514 g/mol. The number of carboxylic acid groups (broad SMARTS) is 1. The van der Waals surface area contributed by atoms with E-state index in [9.17, 15) is 24.3 Å². The summed E-state index contributed by atoms with van der Waals surface area (Å²) in [7, 11) is 0. The highest BCUT2D eigenvalue weighted by Crippen LogP contribution is 2.10. The summed E-state index contributed by atoms with van der Waals surface area (Å²) in [6.45, 7) is 7.89. The lowest BCUT2D eigenvalue weighted by Gasteiger charge is -2.26. The molecule has 0 aliphatic carbocycles. The fourth-order valence-corrected chi connectivity index (χ4v) is 3.43. The van der Waals surface area contributed by atoms with Crippen molar-refractivity contribution in [2.45, 2.75) is 90.4 Å². The summed E-state index contributed by atoms with van der Waals surface area (Å²) >= 11 is 0. The molecule has 0 radical (unpaired) electrons. The molecule has 0 saturated carbocycles. The van der Waals surface area contributed by atoms with Crippen LogP contribution in [0.1, 0.15) is 66.2 Å². The number of aliphatic imine (C=N–C) groups is 1. The molecule has 208 valence electrons. The summed E-state index contributed by atoms with van der Waals surface area (Å²) in [6, 6.07) is -3.88. The Morgan fingerprint density at radius 1 is 0.833 bits per heavy atom. The van der Waals surface area contributed by atoms with Crippen molar-refractivity contribution in [1.82, 2.24) is 16.0 Å². The quantitative estimate of drug-likeness (QED) is 0.0617. The molecule has 13 heteroatoms. The molecular formula is C23H46N8O5. The van der Waals surface area contributed by atoms with Gasteiger partial charge in [-0.2, -0.15) is 0 Å². The maximum absolute atomic E-state index is 13.1. The van der Waals surface area contributed by atoms with Gasteiger partial charge in [0.1, 0.15) is 18.1 Å². The van der Waals surface area contributed by atoms with Crippen LogP contribution >= 0.6 is 0 Å². The van der Waals surface area contributed by atoms with Crippen LogP contribution in [0.25, 0.3) is 0 Å². The predicted octanol–water partition coefficient (Wildman–Crippen LogP) is -1.26. The second-order valence-corrected chi connectivity index (χ2v) is 9.66. The number of amides is 3. The number of aliphatic carboxylic acids is 1. The standard InChI is InChI=1S/C23H46N8O5/c1-13(2)12-17(30-19(32)15(25)8-7-11-28-23(26)27)21(34)29-16(9-5-6-10-24)20(33)31-18(14(3)4)22(35)36/h13-18H,5-12,24-25H2,1-4H3,(H,29,34)(H,30,32)(H,31,33)(H,35,36)(H4,26,27,28). The first-order valence-corrected chi connectivity index (χ1v) is 12.4. The number of nitrogens with one attached hydrogen (secondary N) is 3. The molecule has 13 nitrogen and oxygen atoms in total. The van der Waals surface area contributed by atoms with Gasteiger partial charge in [-0.25, -0.2) is 4.79 Å². The van der Waals surface area contributed by atoms with E-state index in [1.165, 1.54) is 0 Å². The lowest BCUT2D eigenvalue weighted by molar-refractivity contribution is -0.143. The van der Waals surface area contributed by atoms with Gasteiger partial charge in [0.25, 0.3) is 0 Å². The summed E-state index contributed by atoms with van der Waals surface area (Å²) < 4.78 is 0. The molecule has 0 rings (SSSR count). The van der Waals surface area contributed by atoms with Crippen LogP contribution in [0.15, 0.2) is 4.99 Å². The Morgan fingerprint density at radius 3 is 1.92 bits per heavy atom. The minimum atomic E-state index is -1.16. The number of hydrogen-bond acceptors (Lipinski definition) is 7. The Labute approximate surface area is 213 Å². The molecule has 0 aromatic heterocycles. The Bertz CT molecular complexity index is 740. The molecule has 0 spiro atoms. The minimum absolute atomic E-state index is 0.0465. The number of nitrogens with zero attached hydrogens (tertiary/aromatic N) is 1. The third-order valence-electron chi connectivity index (χ3n) is 5.45. The molecular weight excluding hydrogens is 468 g/mol. The highest BCUT2D eigenvalue weighted by atomic mass is 16.4. The van der Waals surface area contributed by atoms with Crippen LogP contribution in [0.5, 0.6) is 0 Å². The van der Waals surface area contributed by atoms with Crippen molar-refractivity contribution >= 4 is 29.7 Å². The number of nitrogens with two attached hydrogens (primary N) is 4. The highest BCUT2D eigenvalue weighted by Gasteiger charge is 2.31. The van der Waals surface area contributed by atoms with Crippen molar-refractivity contribution in [3.8, 4) is 0 Å². The second-order valence-electron chi connectivity index (χ2n) is 9.66. The van der Waals surface area contributed by atoms with Crippen molar-refractivity contribution in [1.29, 1.82) is 0 Å². The zero-order chi connectivity index (χ0) is 27.8. The van der Waals surface area contributed by atoms with E-state index in [-0.39, 0.29) is 24.2 Å². The van der Waals surface area contributed by atoms with Crippen molar-refractivity contribution in [2.75, 3.05) is 13.1 Å². The van der Waals surface area contributed by atoms with Crippen LogP contribution in [0.3, 0.4) is 0 Å². The molecule has 0 heterocycles. The number of carbonyl (C=O) groups is 4. The Kier molecular flexibility index (Phi) is 16.1. The van der Waals surface area contributed by atoms with Crippen LogP contribution in [0, 0.1) is 11.8 Å². The fourth-order valence-electron chi connectivity index (χ4n) is 3.43. The molecule has 0 aromatic carbocycles. The molecule has 0 fully saturated rings. The maximum atomic E-state index is 13.1. The number of unbranched alkanes of at least 4 members (excludes halogenated alkanes) is 1. The van der Waals surface area contributed by atoms with Gasteiger partial charge in [0, 0.05) is 6.54 Å². The average Bonchev–Trinajstić information content (AvgIpc) is 2.77. The van der Waals surface area contributed by atoms with Crippen LogP contribution in [-0.4, -0.2) is 72.0 Å². The summed E-state index contributed by atoms with van der Waals surface area (Å²) in [5, 5.41) is 17.3. The van der Waals surface area contributed by atoms with Crippen molar-refractivity contribution in [3.63, 3.8) is 0 Å². The van der Waals surface area contributed by atoms with Gasteiger partial charge in [-0.05, 0) is 56.9 Å². The van der Waals surface area contributed by atoms with Gasteiger partial charge in [-0.3, -0.25) is 19.4 Å². The Hall–Kier alpha value is -2.93. The molecule has 12 N–H and O–H groups in total. The topological polar surface area (TPSA) is 241 Å². The first-order chi connectivity index (χ1) is 16.8. The van der Waals surface area contributed by atoms with E-state index in [0.29, 0.717) is 45.2 Å². The minimum Gasteiger partial charge on any atom is -0.480 e. The van der Waals surface area contributed by atoms with E-state index in [1.54, 1.807) is 13.8 Å². The van der Waals surface area contributed by atoms with E-state index in [4.69, 9.17) is 22.9 Å². The molecule has 3 amide bonds. The van der Waals surface area contributed by atoms with Crippen molar-refractivity contribution in [3.05, 3.63) is 0 Å². The number of carboxylic acids is 1.